The highest BCUT2D eigenvalue weighted by atomic mass is 19.1. The van der Waals surface area contributed by atoms with Gasteiger partial charge in [-0.25, -0.2) is 8.91 Å². The largest absolute Gasteiger partial charge is 0.356 e. The fourth-order valence-corrected chi connectivity index (χ4v) is 2.85. The Balaban J connectivity index is 1.51. The third-order valence-electron chi connectivity index (χ3n) is 4.61. The van der Waals surface area contributed by atoms with E-state index in [1.54, 1.807) is 30.6 Å². The molecule has 6 nitrogen and oxygen atoms in total. The van der Waals surface area contributed by atoms with E-state index < -0.39 is 0 Å². The summed E-state index contributed by atoms with van der Waals surface area (Å²) in [4.78, 5) is 24.5. The van der Waals surface area contributed by atoms with Crippen LogP contribution in [0.3, 0.4) is 0 Å². The lowest BCUT2D eigenvalue weighted by molar-refractivity contribution is -0.121. The zero-order chi connectivity index (χ0) is 18.1. The molecule has 7 heteroatoms. The topological polar surface area (TPSA) is 68.4 Å². The van der Waals surface area contributed by atoms with Gasteiger partial charge in [0, 0.05) is 37.5 Å². The number of aromatic nitrogens is 3. The predicted octanol–water partition coefficient (Wildman–Crippen LogP) is 2.22. The summed E-state index contributed by atoms with van der Waals surface area (Å²) in [6.45, 7) is 1.05. The molecule has 0 unspecified atom stereocenters. The maximum atomic E-state index is 13.1. The SMILES string of the molecule is O=C(CCn1ccn2nc(-c3ccc(F)cc3)cc2c1=O)NCC1CC1. The van der Waals surface area contributed by atoms with Crippen molar-refractivity contribution in [3.05, 3.63) is 58.9 Å². The number of amides is 1. The summed E-state index contributed by atoms with van der Waals surface area (Å²) in [7, 11) is 0. The molecule has 0 radical (unpaired) electrons. The molecule has 3 aromatic rings. The first-order valence-electron chi connectivity index (χ1n) is 8.71. The molecular formula is C19H19FN4O2. The molecule has 0 bridgehead atoms. The van der Waals surface area contributed by atoms with E-state index in [9.17, 15) is 14.0 Å². The van der Waals surface area contributed by atoms with E-state index in [2.05, 4.69) is 10.4 Å². The lowest BCUT2D eigenvalue weighted by Gasteiger charge is -2.06. The summed E-state index contributed by atoms with van der Waals surface area (Å²) in [6, 6.07) is 7.65. The van der Waals surface area contributed by atoms with Gasteiger partial charge in [-0.1, -0.05) is 0 Å². The van der Waals surface area contributed by atoms with Crippen molar-refractivity contribution < 1.29 is 9.18 Å². The van der Waals surface area contributed by atoms with Crippen LogP contribution in [0, 0.1) is 11.7 Å². The molecule has 1 aromatic carbocycles. The van der Waals surface area contributed by atoms with Crippen molar-refractivity contribution in [1.82, 2.24) is 19.5 Å². The first-order valence-corrected chi connectivity index (χ1v) is 8.71. The Morgan fingerprint density at radius 2 is 2.00 bits per heavy atom. The number of carbonyl (C=O) groups is 1. The van der Waals surface area contributed by atoms with Crippen LogP contribution < -0.4 is 10.9 Å². The molecule has 1 N–H and O–H groups in total. The van der Waals surface area contributed by atoms with Gasteiger partial charge in [-0.3, -0.25) is 9.59 Å². The average Bonchev–Trinajstić information content (AvgIpc) is 3.37. The minimum atomic E-state index is -0.320. The average molecular weight is 354 g/mol. The third kappa shape index (κ3) is 3.51. The molecule has 2 heterocycles. The second kappa shape index (κ2) is 6.74. The number of aryl methyl sites for hydroxylation is 1. The first kappa shape index (κ1) is 16.5. The smallest absolute Gasteiger partial charge is 0.276 e. The Labute approximate surface area is 149 Å². The molecule has 0 spiro atoms. The lowest BCUT2D eigenvalue weighted by Crippen LogP contribution is -2.29. The maximum Gasteiger partial charge on any atom is 0.276 e. The zero-order valence-electron chi connectivity index (χ0n) is 14.2. The number of hydrogen-bond acceptors (Lipinski definition) is 3. The number of halogens is 1. The molecule has 0 aliphatic heterocycles. The van der Waals surface area contributed by atoms with Crippen LogP contribution >= 0.6 is 0 Å². The van der Waals surface area contributed by atoms with E-state index in [-0.39, 0.29) is 23.7 Å². The van der Waals surface area contributed by atoms with Gasteiger partial charge in [0.2, 0.25) is 5.91 Å². The Hall–Kier alpha value is -2.96. The molecule has 26 heavy (non-hydrogen) atoms. The number of rotatable bonds is 6. The number of carbonyl (C=O) groups excluding carboxylic acids is 1. The number of nitrogens with zero attached hydrogens (tertiary/aromatic N) is 3. The second-order valence-electron chi connectivity index (χ2n) is 6.66. The Morgan fingerprint density at radius 1 is 1.23 bits per heavy atom. The van der Waals surface area contributed by atoms with Crippen LogP contribution in [-0.2, 0) is 11.3 Å². The second-order valence-corrected chi connectivity index (χ2v) is 6.66. The van der Waals surface area contributed by atoms with Crippen molar-refractivity contribution >= 4 is 11.4 Å². The summed E-state index contributed by atoms with van der Waals surface area (Å²) < 4.78 is 16.1. The van der Waals surface area contributed by atoms with Gasteiger partial charge in [0.05, 0.1) is 5.69 Å². The van der Waals surface area contributed by atoms with E-state index >= 15 is 0 Å². The van der Waals surface area contributed by atoms with Gasteiger partial charge in [-0.05, 0) is 49.1 Å². The molecule has 4 rings (SSSR count). The molecule has 1 saturated carbocycles. The van der Waals surface area contributed by atoms with Crippen molar-refractivity contribution in [3.8, 4) is 11.3 Å². The number of hydrogen-bond donors (Lipinski definition) is 1. The number of fused-ring (bicyclic) bond motifs is 1. The van der Waals surface area contributed by atoms with E-state index in [0.29, 0.717) is 23.7 Å². The zero-order valence-corrected chi connectivity index (χ0v) is 14.2. The van der Waals surface area contributed by atoms with E-state index in [4.69, 9.17) is 0 Å². The quantitative estimate of drug-likeness (QED) is 0.738. The molecule has 134 valence electrons. The molecule has 0 saturated heterocycles. The van der Waals surface area contributed by atoms with Crippen LogP contribution in [-0.4, -0.2) is 26.6 Å². The first-order chi connectivity index (χ1) is 12.6. The van der Waals surface area contributed by atoms with Crippen LogP contribution in [0.5, 0.6) is 0 Å². The van der Waals surface area contributed by atoms with Crippen molar-refractivity contribution in [2.24, 2.45) is 5.92 Å². The van der Waals surface area contributed by atoms with Gasteiger partial charge in [-0.15, -0.1) is 0 Å². The Kier molecular flexibility index (Phi) is 4.28. The molecule has 1 amide bonds. The fourth-order valence-electron chi connectivity index (χ4n) is 2.85. The molecule has 2 aromatic heterocycles. The minimum Gasteiger partial charge on any atom is -0.356 e. The van der Waals surface area contributed by atoms with Crippen LogP contribution in [0.4, 0.5) is 4.39 Å². The molecule has 1 aliphatic rings. The van der Waals surface area contributed by atoms with Gasteiger partial charge in [-0.2, -0.15) is 5.10 Å². The monoisotopic (exact) mass is 354 g/mol. The highest BCUT2D eigenvalue weighted by molar-refractivity contribution is 5.75. The van der Waals surface area contributed by atoms with Crippen molar-refractivity contribution in [2.75, 3.05) is 6.54 Å². The normalized spacial score (nSPS) is 13.9. The fraction of sp³-hybridized carbons (Fsp3) is 0.316. The summed E-state index contributed by atoms with van der Waals surface area (Å²) >= 11 is 0. The van der Waals surface area contributed by atoms with Gasteiger partial charge >= 0.3 is 0 Å². The Bertz CT molecular complexity index is 1000. The van der Waals surface area contributed by atoms with Crippen LogP contribution in [0.15, 0.2) is 47.5 Å². The summed E-state index contributed by atoms with van der Waals surface area (Å²) in [5, 5.41) is 7.27. The van der Waals surface area contributed by atoms with Gasteiger partial charge in [0.15, 0.2) is 0 Å². The molecule has 1 fully saturated rings. The summed E-state index contributed by atoms with van der Waals surface area (Å²) in [5.41, 5.74) is 1.55. The molecule has 1 aliphatic carbocycles. The predicted molar refractivity (Wildman–Crippen MR) is 95.2 cm³/mol. The van der Waals surface area contributed by atoms with E-state index in [1.165, 1.54) is 34.1 Å². The highest BCUT2D eigenvalue weighted by Gasteiger charge is 2.21. The van der Waals surface area contributed by atoms with E-state index in [0.717, 1.165) is 12.1 Å². The van der Waals surface area contributed by atoms with Crippen molar-refractivity contribution in [2.45, 2.75) is 25.8 Å². The van der Waals surface area contributed by atoms with E-state index in [1.807, 2.05) is 0 Å². The standard InChI is InChI=1S/C19H19FN4O2/c20-15-5-3-14(4-6-15)16-11-17-19(26)23(9-10-24(17)22-16)8-7-18(25)21-12-13-1-2-13/h3-6,9-11,13H,1-2,7-8,12H2,(H,21,25). The molecule has 0 atom stereocenters. The maximum absolute atomic E-state index is 13.1. The molecular weight excluding hydrogens is 335 g/mol. The number of benzene rings is 1. The van der Waals surface area contributed by atoms with Gasteiger partial charge in [0.25, 0.3) is 5.56 Å². The van der Waals surface area contributed by atoms with Crippen LogP contribution in [0.2, 0.25) is 0 Å². The van der Waals surface area contributed by atoms with Crippen molar-refractivity contribution in [1.29, 1.82) is 0 Å². The van der Waals surface area contributed by atoms with Crippen molar-refractivity contribution in [3.63, 3.8) is 0 Å². The van der Waals surface area contributed by atoms with Crippen LogP contribution in [0.25, 0.3) is 16.8 Å². The lowest BCUT2D eigenvalue weighted by atomic mass is 10.1. The third-order valence-corrected chi connectivity index (χ3v) is 4.61. The van der Waals surface area contributed by atoms with Gasteiger partial charge in [0.1, 0.15) is 11.3 Å². The summed E-state index contributed by atoms with van der Waals surface area (Å²) in [6.07, 6.45) is 5.96. The Morgan fingerprint density at radius 3 is 2.73 bits per heavy atom. The van der Waals surface area contributed by atoms with Crippen LogP contribution in [0.1, 0.15) is 19.3 Å². The highest BCUT2D eigenvalue weighted by Crippen LogP contribution is 2.27. The minimum absolute atomic E-state index is 0.0378. The summed E-state index contributed by atoms with van der Waals surface area (Å²) in [5.74, 6) is 0.277. The van der Waals surface area contributed by atoms with Gasteiger partial charge < -0.3 is 9.88 Å². The number of nitrogens with one attached hydrogen (secondary N) is 1.